The highest BCUT2D eigenvalue weighted by Crippen LogP contribution is 2.62. The van der Waals surface area contributed by atoms with E-state index in [4.69, 9.17) is 14.7 Å². The number of rotatable bonds is 5. The third kappa shape index (κ3) is 5.61. The second-order valence-electron chi connectivity index (χ2n) is 16.9. The van der Waals surface area contributed by atoms with Crippen LogP contribution in [0.25, 0.3) is 88.8 Å². The average Bonchev–Trinajstić information content (AvgIpc) is 3.66. The van der Waals surface area contributed by atoms with Crippen molar-refractivity contribution < 1.29 is 4.74 Å². The lowest BCUT2D eigenvalue weighted by Crippen LogP contribution is -2.32. The number of hydrogen-bond donors (Lipinski definition) is 0. The number of hydrogen-bond acceptors (Lipinski definition) is 3. The van der Waals surface area contributed by atoms with Crippen LogP contribution < -0.4 is 4.74 Å². The molecule has 3 nitrogen and oxygen atoms in total. The summed E-state index contributed by atoms with van der Waals surface area (Å²) in [6.45, 7) is 0. The number of nitrogens with zero attached hydrogens (tertiary/aromatic N) is 2. The minimum Gasteiger partial charge on any atom is -0.457 e. The lowest BCUT2D eigenvalue weighted by Gasteiger charge is -2.39. The largest absolute Gasteiger partial charge is 0.457 e. The summed E-state index contributed by atoms with van der Waals surface area (Å²) in [5, 5.41) is 4.90. The maximum absolute atomic E-state index is 6.83. The first kappa shape index (κ1) is 36.3. The smallest absolute Gasteiger partial charge is 0.160 e. The summed E-state index contributed by atoms with van der Waals surface area (Å²) in [6.07, 6.45) is 0. The van der Waals surface area contributed by atoms with Gasteiger partial charge in [0.25, 0.3) is 0 Å². The Labute approximate surface area is 371 Å². The average molecular weight is 815 g/mol. The number of benzene rings is 10. The van der Waals surface area contributed by atoms with Gasteiger partial charge in [0.1, 0.15) is 11.5 Å². The molecule has 2 aliphatic rings. The van der Waals surface area contributed by atoms with Crippen LogP contribution in [-0.4, -0.2) is 9.97 Å². The van der Waals surface area contributed by atoms with Crippen molar-refractivity contribution in [2.24, 2.45) is 0 Å². The first-order valence-electron chi connectivity index (χ1n) is 21.9. The second-order valence-corrected chi connectivity index (χ2v) is 16.9. The first-order chi connectivity index (χ1) is 31.7. The molecule has 0 radical (unpaired) electrons. The maximum atomic E-state index is 6.83. The molecule has 298 valence electrons. The Morgan fingerprint density at radius 2 is 0.875 bits per heavy atom. The summed E-state index contributed by atoms with van der Waals surface area (Å²) in [4.78, 5) is 10.6. The SMILES string of the molecule is c1ccc(-c2ccc3c(c2)C2(c4ccccc4Oc4ccc(-c5cccc(-c6nc(-c7ccccc7)cc(-c7ccc8c(ccc9ccccc98)c7)n6)c5)cc42)c2ccccc2-3)cc1. The van der Waals surface area contributed by atoms with Crippen LogP contribution >= 0.6 is 0 Å². The van der Waals surface area contributed by atoms with Gasteiger partial charge in [0, 0.05) is 27.8 Å². The molecule has 1 spiro atoms. The van der Waals surface area contributed by atoms with Gasteiger partial charge in [-0.1, -0.05) is 188 Å². The van der Waals surface area contributed by atoms with Crippen molar-refractivity contribution >= 4 is 21.5 Å². The van der Waals surface area contributed by atoms with Gasteiger partial charge < -0.3 is 4.74 Å². The van der Waals surface area contributed by atoms with Gasteiger partial charge >= 0.3 is 0 Å². The topological polar surface area (TPSA) is 35.0 Å². The van der Waals surface area contributed by atoms with E-state index in [9.17, 15) is 0 Å². The lowest BCUT2D eigenvalue weighted by atomic mass is 9.65. The van der Waals surface area contributed by atoms with Crippen LogP contribution in [-0.2, 0) is 5.41 Å². The summed E-state index contributed by atoms with van der Waals surface area (Å²) >= 11 is 0. The minimum absolute atomic E-state index is 0.608. The summed E-state index contributed by atoms with van der Waals surface area (Å²) in [5.41, 5.74) is 16.0. The molecule has 0 saturated carbocycles. The summed E-state index contributed by atoms with van der Waals surface area (Å²) < 4.78 is 6.83. The van der Waals surface area contributed by atoms with E-state index in [1.54, 1.807) is 0 Å². The van der Waals surface area contributed by atoms with Crippen molar-refractivity contribution in [2.45, 2.75) is 5.41 Å². The highest BCUT2D eigenvalue weighted by molar-refractivity contribution is 6.08. The van der Waals surface area contributed by atoms with E-state index in [0.717, 1.165) is 61.8 Å². The van der Waals surface area contributed by atoms with Crippen molar-refractivity contribution in [1.29, 1.82) is 0 Å². The van der Waals surface area contributed by atoms with Gasteiger partial charge in [-0.15, -0.1) is 0 Å². The van der Waals surface area contributed by atoms with Crippen molar-refractivity contribution in [3.05, 3.63) is 253 Å². The maximum Gasteiger partial charge on any atom is 0.160 e. The highest BCUT2D eigenvalue weighted by Gasteiger charge is 2.51. The number of ether oxygens (including phenoxy) is 1. The van der Waals surface area contributed by atoms with E-state index in [1.165, 1.54) is 54.9 Å². The van der Waals surface area contributed by atoms with E-state index in [1.807, 2.05) is 6.07 Å². The predicted octanol–water partition coefficient (Wildman–Crippen LogP) is 15.6. The second kappa shape index (κ2) is 14.3. The standard InChI is InChI=1S/C61H38N2O/c1-3-14-39(15-4-1)43-28-32-51-50-22-9-10-23-52(50)61(54(51)36-43)53-24-11-12-25-58(53)64-59-33-30-44(37-55(59)61)42-19-13-20-47(34-42)60-62-56(41-17-5-2-6-18-41)38-57(63-60)46-29-31-49-45(35-46)27-26-40-16-7-8-21-48(40)49/h1-38H. The molecule has 13 rings (SSSR count). The van der Waals surface area contributed by atoms with Gasteiger partial charge in [0.05, 0.1) is 16.8 Å². The Kier molecular flexibility index (Phi) is 8.13. The molecular weight excluding hydrogens is 777 g/mol. The molecule has 0 amide bonds. The molecule has 1 atom stereocenters. The molecule has 0 bridgehead atoms. The Balaban J connectivity index is 0.974. The van der Waals surface area contributed by atoms with E-state index >= 15 is 0 Å². The van der Waals surface area contributed by atoms with E-state index in [2.05, 4.69) is 224 Å². The molecule has 0 N–H and O–H groups in total. The normalized spacial score (nSPS) is 14.4. The van der Waals surface area contributed by atoms with Gasteiger partial charge in [-0.3, -0.25) is 0 Å². The molecule has 10 aromatic carbocycles. The number of fused-ring (bicyclic) bond motifs is 12. The third-order valence-electron chi connectivity index (χ3n) is 13.3. The zero-order chi connectivity index (χ0) is 42.2. The van der Waals surface area contributed by atoms with Crippen molar-refractivity contribution in [3.63, 3.8) is 0 Å². The van der Waals surface area contributed by atoms with Crippen LogP contribution in [0.3, 0.4) is 0 Å². The van der Waals surface area contributed by atoms with Crippen LogP contribution in [0.4, 0.5) is 0 Å². The highest BCUT2D eigenvalue weighted by atomic mass is 16.5. The minimum atomic E-state index is -0.608. The molecule has 3 heteroatoms. The van der Waals surface area contributed by atoms with Gasteiger partial charge in [-0.25, -0.2) is 9.97 Å². The first-order valence-corrected chi connectivity index (χ1v) is 21.9. The quantitative estimate of drug-likeness (QED) is 0.162. The van der Waals surface area contributed by atoms with Crippen LogP contribution in [0.15, 0.2) is 231 Å². The summed E-state index contributed by atoms with van der Waals surface area (Å²) in [5.74, 6) is 2.41. The molecule has 1 unspecified atom stereocenters. The molecule has 1 aliphatic carbocycles. The van der Waals surface area contributed by atoms with E-state index in [-0.39, 0.29) is 0 Å². The fourth-order valence-electron chi connectivity index (χ4n) is 10.4. The van der Waals surface area contributed by atoms with Gasteiger partial charge in [-0.2, -0.15) is 0 Å². The zero-order valence-corrected chi connectivity index (χ0v) is 34.7. The van der Waals surface area contributed by atoms with Crippen molar-refractivity contribution in [3.8, 4) is 78.8 Å². The van der Waals surface area contributed by atoms with Crippen LogP contribution in [0.5, 0.6) is 11.5 Å². The van der Waals surface area contributed by atoms with Crippen LogP contribution in [0.1, 0.15) is 22.3 Å². The summed E-state index contributed by atoms with van der Waals surface area (Å²) in [7, 11) is 0. The van der Waals surface area contributed by atoms with Crippen molar-refractivity contribution in [1.82, 2.24) is 9.97 Å². The Bertz CT molecular complexity index is 3650. The molecule has 1 aliphatic heterocycles. The molecule has 2 heterocycles. The molecule has 0 fully saturated rings. The molecular formula is C61H38N2O. The Morgan fingerprint density at radius 1 is 0.297 bits per heavy atom. The number of para-hydroxylation sites is 1. The molecule has 11 aromatic rings. The summed E-state index contributed by atoms with van der Waals surface area (Å²) in [6, 6.07) is 82.7. The fourth-order valence-corrected chi connectivity index (χ4v) is 10.4. The van der Waals surface area contributed by atoms with Crippen LogP contribution in [0, 0.1) is 0 Å². The molecule has 1 aromatic heterocycles. The zero-order valence-electron chi connectivity index (χ0n) is 34.7. The Hall–Kier alpha value is -8.40. The van der Waals surface area contributed by atoms with Crippen molar-refractivity contribution in [2.75, 3.05) is 0 Å². The van der Waals surface area contributed by atoms with E-state index < -0.39 is 5.41 Å². The van der Waals surface area contributed by atoms with E-state index in [0.29, 0.717) is 5.82 Å². The fraction of sp³-hybridized carbons (Fsp3) is 0.0164. The lowest BCUT2D eigenvalue weighted by molar-refractivity contribution is 0.436. The monoisotopic (exact) mass is 814 g/mol. The predicted molar refractivity (Wildman–Crippen MR) is 262 cm³/mol. The Morgan fingerprint density at radius 3 is 1.75 bits per heavy atom. The van der Waals surface area contributed by atoms with Gasteiger partial charge in [-0.05, 0) is 109 Å². The third-order valence-corrected chi connectivity index (χ3v) is 13.3. The number of aromatic nitrogens is 2. The molecule has 0 saturated heterocycles. The van der Waals surface area contributed by atoms with Gasteiger partial charge in [0.2, 0.25) is 0 Å². The van der Waals surface area contributed by atoms with Gasteiger partial charge in [0.15, 0.2) is 5.82 Å². The van der Waals surface area contributed by atoms with Crippen LogP contribution in [0.2, 0.25) is 0 Å². The molecule has 64 heavy (non-hydrogen) atoms.